The standard InChI is InChI=1S/C13H15F2N3/c1-13(2,3)11-7-12(16)18(17-11)8-4-5-9(14)10(15)6-8/h4-7H,16H2,1-3H3. The van der Waals surface area contributed by atoms with Gasteiger partial charge in [0.25, 0.3) is 0 Å². The SMILES string of the molecule is CC(C)(C)c1cc(N)n(-c2ccc(F)c(F)c2)n1. The summed E-state index contributed by atoms with van der Waals surface area (Å²) < 4.78 is 27.5. The number of rotatable bonds is 1. The first kappa shape index (κ1) is 12.5. The van der Waals surface area contributed by atoms with Crippen LogP contribution in [0.25, 0.3) is 5.69 Å². The van der Waals surface area contributed by atoms with Crippen molar-refractivity contribution in [2.45, 2.75) is 26.2 Å². The summed E-state index contributed by atoms with van der Waals surface area (Å²) in [6.07, 6.45) is 0. The largest absolute Gasteiger partial charge is 0.384 e. The van der Waals surface area contributed by atoms with Crippen LogP contribution in [-0.4, -0.2) is 9.78 Å². The second kappa shape index (κ2) is 4.08. The molecular weight excluding hydrogens is 236 g/mol. The number of halogens is 2. The molecule has 5 heteroatoms. The van der Waals surface area contributed by atoms with Gasteiger partial charge >= 0.3 is 0 Å². The summed E-state index contributed by atoms with van der Waals surface area (Å²) in [5.41, 5.74) is 6.89. The van der Waals surface area contributed by atoms with Crippen LogP contribution in [0.15, 0.2) is 24.3 Å². The highest BCUT2D eigenvalue weighted by atomic mass is 19.2. The third-order valence-corrected chi connectivity index (χ3v) is 2.65. The monoisotopic (exact) mass is 251 g/mol. The van der Waals surface area contributed by atoms with Gasteiger partial charge in [0, 0.05) is 17.5 Å². The Labute approximate surface area is 104 Å². The molecule has 1 heterocycles. The average Bonchev–Trinajstić information content (AvgIpc) is 2.64. The maximum Gasteiger partial charge on any atom is 0.160 e. The van der Waals surface area contributed by atoms with Gasteiger partial charge in [-0.1, -0.05) is 20.8 Å². The van der Waals surface area contributed by atoms with Crippen molar-refractivity contribution < 1.29 is 8.78 Å². The number of nitrogens with two attached hydrogens (primary N) is 1. The summed E-state index contributed by atoms with van der Waals surface area (Å²) in [6.45, 7) is 6.01. The van der Waals surface area contributed by atoms with Crippen LogP contribution in [0, 0.1) is 11.6 Å². The average molecular weight is 251 g/mol. The van der Waals surface area contributed by atoms with E-state index in [0.717, 1.165) is 17.8 Å². The zero-order valence-electron chi connectivity index (χ0n) is 10.5. The van der Waals surface area contributed by atoms with Crippen LogP contribution in [0.2, 0.25) is 0 Å². The maximum atomic E-state index is 13.2. The van der Waals surface area contributed by atoms with Crippen molar-refractivity contribution in [3.63, 3.8) is 0 Å². The molecule has 0 fully saturated rings. The summed E-state index contributed by atoms with van der Waals surface area (Å²) in [7, 11) is 0. The fourth-order valence-corrected chi connectivity index (χ4v) is 1.59. The fraction of sp³-hybridized carbons (Fsp3) is 0.308. The minimum atomic E-state index is -0.917. The molecular formula is C13H15F2N3. The quantitative estimate of drug-likeness (QED) is 0.846. The van der Waals surface area contributed by atoms with Crippen molar-refractivity contribution in [1.82, 2.24) is 9.78 Å². The maximum absolute atomic E-state index is 13.2. The Morgan fingerprint density at radius 2 is 1.78 bits per heavy atom. The number of hydrogen-bond donors (Lipinski definition) is 1. The molecule has 0 unspecified atom stereocenters. The molecule has 0 spiro atoms. The summed E-state index contributed by atoms with van der Waals surface area (Å²) in [4.78, 5) is 0. The summed E-state index contributed by atoms with van der Waals surface area (Å²) in [5.74, 6) is -1.41. The van der Waals surface area contributed by atoms with E-state index >= 15 is 0 Å². The lowest BCUT2D eigenvalue weighted by Gasteiger charge is -2.14. The lowest BCUT2D eigenvalue weighted by atomic mass is 9.92. The Balaban J connectivity index is 2.51. The molecule has 96 valence electrons. The van der Waals surface area contributed by atoms with E-state index in [1.54, 1.807) is 6.07 Å². The fourth-order valence-electron chi connectivity index (χ4n) is 1.59. The molecule has 0 bridgehead atoms. The molecule has 2 rings (SSSR count). The second-order valence-electron chi connectivity index (χ2n) is 5.21. The van der Waals surface area contributed by atoms with E-state index in [0.29, 0.717) is 11.5 Å². The lowest BCUT2D eigenvalue weighted by molar-refractivity contribution is 0.507. The predicted molar refractivity (Wildman–Crippen MR) is 66.6 cm³/mol. The molecule has 0 aliphatic carbocycles. The lowest BCUT2D eigenvalue weighted by Crippen LogP contribution is -2.12. The van der Waals surface area contributed by atoms with E-state index in [1.807, 2.05) is 20.8 Å². The zero-order chi connectivity index (χ0) is 13.5. The van der Waals surface area contributed by atoms with Gasteiger partial charge in [-0.3, -0.25) is 0 Å². The summed E-state index contributed by atoms with van der Waals surface area (Å²) >= 11 is 0. The topological polar surface area (TPSA) is 43.8 Å². The number of nitrogen functional groups attached to an aromatic ring is 1. The van der Waals surface area contributed by atoms with Crippen LogP contribution in [-0.2, 0) is 5.41 Å². The number of hydrogen-bond acceptors (Lipinski definition) is 2. The molecule has 2 N–H and O–H groups in total. The highest BCUT2D eigenvalue weighted by Crippen LogP contribution is 2.25. The van der Waals surface area contributed by atoms with Crippen LogP contribution < -0.4 is 5.73 Å². The van der Waals surface area contributed by atoms with Crippen LogP contribution >= 0.6 is 0 Å². The number of benzene rings is 1. The number of nitrogens with zero attached hydrogens (tertiary/aromatic N) is 2. The van der Waals surface area contributed by atoms with E-state index in [2.05, 4.69) is 5.10 Å². The smallest absolute Gasteiger partial charge is 0.160 e. The van der Waals surface area contributed by atoms with Crippen LogP contribution in [0.4, 0.5) is 14.6 Å². The van der Waals surface area contributed by atoms with E-state index in [9.17, 15) is 8.78 Å². The van der Waals surface area contributed by atoms with E-state index < -0.39 is 11.6 Å². The molecule has 0 amide bonds. The minimum absolute atomic E-state index is 0.155. The van der Waals surface area contributed by atoms with Crippen LogP contribution in [0.5, 0.6) is 0 Å². The van der Waals surface area contributed by atoms with Crippen molar-refractivity contribution in [3.05, 3.63) is 41.6 Å². The Morgan fingerprint density at radius 1 is 1.11 bits per heavy atom. The number of aromatic nitrogens is 2. The molecule has 2 aromatic rings. The van der Waals surface area contributed by atoms with Gasteiger partial charge in [0.1, 0.15) is 5.82 Å². The van der Waals surface area contributed by atoms with Gasteiger partial charge in [-0.25, -0.2) is 13.5 Å². The van der Waals surface area contributed by atoms with Gasteiger partial charge in [-0.15, -0.1) is 0 Å². The predicted octanol–water partition coefficient (Wildman–Crippen LogP) is 3.03. The molecule has 18 heavy (non-hydrogen) atoms. The third kappa shape index (κ3) is 2.20. The van der Waals surface area contributed by atoms with Gasteiger partial charge in [0.2, 0.25) is 0 Å². The van der Waals surface area contributed by atoms with Gasteiger partial charge in [0.15, 0.2) is 11.6 Å². The van der Waals surface area contributed by atoms with Gasteiger partial charge in [-0.2, -0.15) is 5.10 Å². The van der Waals surface area contributed by atoms with E-state index in [-0.39, 0.29) is 5.41 Å². The van der Waals surface area contributed by atoms with Crippen molar-refractivity contribution in [2.75, 3.05) is 5.73 Å². The molecule has 1 aromatic heterocycles. The first-order chi connectivity index (χ1) is 8.29. The molecule has 0 aliphatic heterocycles. The van der Waals surface area contributed by atoms with Crippen molar-refractivity contribution >= 4 is 5.82 Å². The second-order valence-corrected chi connectivity index (χ2v) is 5.21. The highest BCUT2D eigenvalue weighted by molar-refractivity contribution is 5.44. The number of anilines is 1. The molecule has 1 aromatic carbocycles. The Morgan fingerprint density at radius 3 is 2.28 bits per heavy atom. The minimum Gasteiger partial charge on any atom is -0.384 e. The van der Waals surface area contributed by atoms with Crippen molar-refractivity contribution in [3.8, 4) is 5.69 Å². The molecule has 0 atom stereocenters. The normalized spacial score (nSPS) is 11.8. The Kier molecular flexibility index (Phi) is 2.84. The van der Waals surface area contributed by atoms with E-state index in [4.69, 9.17) is 5.73 Å². The summed E-state index contributed by atoms with van der Waals surface area (Å²) in [6, 6.07) is 5.31. The molecule has 0 saturated carbocycles. The van der Waals surface area contributed by atoms with E-state index in [1.165, 1.54) is 10.7 Å². The molecule has 0 saturated heterocycles. The highest BCUT2D eigenvalue weighted by Gasteiger charge is 2.19. The van der Waals surface area contributed by atoms with Gasteiger partial charge in [-0.05, 0) is 12.1 Å². The third-order valence-electron chi connectivity index (χ3n) is 2.65. The Hall–Kier alpha value is -1.91. The zero-order valence-corrected chi connectivity index (χ0v) is 10.5. The first-order valence-corrected chi connectivity index (χ1v) is 5.60. The first-order valence-electron chi connectivity index (χ1n) is 5.60. The molecule has 3 nitrogen and oxygen atoms in total. The summed E-state index contributed by atoms with van der Waals surface area (Å²) in [5, 5.41) is 4.32. The van der Waals surface area contributed by atoms with Gasteiger partial charge in [0.05, 0.1) is 11.4 Å². The molecule has 0 radical (unpaired) electrons. The molecule has 0 aliphatic rings. The Bertz CT molecular complexity index is 582. The van der Waals surface area contributed by atoms with Crippen LogP contribution in [0.1, 0.15) is 26.5 Å². The van der Waals surface area contributed by atoms with Crippen molar-refractivity contribution in [2.24, 2.45) is 0 Å². The van der Waals surface area contributed by atoms with Crippen molar-refractivity contribution in [1.29, 1.82) is 0 Å². The van der Waals surface area contributed by atoms with Gasteiger partial charge < -0.3 is 5.73 Å². The van der Waals surface area contributed by atoms with Crippen LogP contribution in [0.3, 0.4) is 0 Å².